The SMILES string of the molecule is CC(C)C[C@@H]1NC(=O)CNC(=O)[C@H](Cc2ccc3ccccc3c2)NC(=O)[C@H](CCCN=C(N)N)NC(=O)[C@H](CC(C)C)NC(=O)[C@H](Cc2ccc3ccccc3c2)NC(=O)[C@H](CCCCN)NC1=O. The third-order valence-corrected chi connectivity index (χ3v) is 12.1. The third kappa shape index (κ3) is 16.9. The van der Waals surface area contributed by atoms with Crippen molar-refractivity contribution in [3.8, 4) is 0 Å². The number of carbonyl (C=O) groups is 7. The first-order valence-corrected chi connectivity index (χ1v) is 24.3. The Labute approximate surface area is 409 Å². The highest BCUT2D eigenvalue weighted by Gasteiger charge is 2.34. The summed E-state index contributed by atoms with van der Waals surface area (Å²) in [5.74, 6) is -5.09. The molecule has 18 heteroatoms. The summed E-state index contributed by atoms with van der Waals surface area (Å²) in [6.07, 6.45) is 1.83. The van der Waals surface area contributed by atoms with Gasteiger partial charge in [-0.2, -0.15) is 0 Å². The van der Waals surface area contributed by atoms with E-state index < -0.39 is 84.1 Å². The Balaban J connectivity index is 1.56. The van der Waals surface area contributed by atoms with Gasteiger partial charge in [0.2, 0.25) is 41.4 Å². The van der Waals surface area contributed by atoms with E-state index >= 15 is 0 Å². The van der Waals surface area contributed by atoms with Crippen molar-refractivity contribution < 1.29 is 33.6 Å². The number of rotatable bonds is 16. The number of aliphatic imine (C=N–C) groups is 1. The largest absolute Gasteiger partial charge is 0.370 e. The first-order chi connectivity index (χ1) is 33.5. The molecule has 7 amide bonds. The van der Waals surface area contributed by atoms with Crippen LogP contribution in [0.1, 0.15) is 83.8 Å². The molecule has 6 atom stereocenters. The number of fused-ring (bicyclic) bond motifs is 2. The minimum atomic E-state index is -1.24. The molecule has 0 aliphatic carbocycles. The number of guanidine groups is 1. The predicted octanol–water partition coefficient (Wildman–Crippen LogP) is 2.09. The van der Waals surface area contributed by atoms with Crippen LogP contribution in [-0.4, -0.2) is 103 Å². The maximum Gasteiger partial charge on any atom is 0.243 e. The molecule has 1 saturated heterocycles. The third-order valence-electron chi connectivity index (χ3n) is 12.1. The first-order valence-electron chi connectivity index (χ1n) is 24.3. The first kappa shape index (κ1) is 53.9. The molecule has 0 bridgehead atoms. The molecule has 5 rings (SSSR count). The Kier molecular flexibility index (Phi) is 20.5. The minimum Gasteiger partial charge on any atom is -0.370 e. The molecule has 4 aromatic rings. The highest BCUT2D eigenvalue weighted by Crippen LogP contribution is 2.20. The van der Waals surface area contributed by atoms with E-state index in [9.17, 15) is 33.6 Å². The molecule has 4 aromatic carbocycles. The number of amides is 7. The van der Waals surface area contributed by atoms with Gasteiger partial charge in [0.1, 0.15) is 36.3 Å². The number of carbonyl (C=O) groups excluding carboxylic acids is 7. The fraction of sp³-hybridized carbons (Fsp3) is 0.462. The standard InChI is InChI=1S/C52H71N11O7/c1-31(2)24-41-49(68)59-39(16-9-10-22-53)47(66)63-44(29-34-19-21-36-13-6-8-15-38(36)27-34)51(70)61-42(25-32(3)4)50(69)60-40(17-11-23-56-52(54)55)48(67)62-43(46(65)57-30-45(64)58-41)28-33-18-20-35-12-5-7-14-37(35)26-33/h5-8,12-15,18-21,26-27,31-32,39-44H,9-11,16-17,22-25,28-30,53H2,1-4H3,(H,57,65)(H,58,64)(H,59,68)(H,60,69)(H,61,70)(H,62,67)(H,63,66)(H4,54,55,56)/t39-,40-,41-,42-,43-,44-/m0/s1. The van der Waals surface area contributed by atoms with Crippen LogP contribution in [0.25, 0.3) is 21.5 Å². The van der Waals surface area contributed by atoms with Crippen molar-refractivity contribution in [2.24, 2.45) is 34.0 Å². The van der Waals surface area contributed by atoms with E-state index in [-0.39, 0.29) is 69.3 Å². The van der Waals surface area contributed by atoms with Crippen molar-refractivity contribution in [2.45, 2.75) is 122 Å². The monoisotopic (exact) mass is 962 g/mol. The maximum absolute atomic E-state index is 14.7. The second-order valence-corrected chi connectivity index (χ2v) is 18.9. The number of hydrogen-bond acceptors (Lipinski definition) is 9. The van der Waals surface area contributed by atoms with Gasteiger partial charge < -0.3 is 54.4 Å². The Morgan fingerprint density at radius 1 is 0.514 bits per heavy atom. The highest BCUT2D eigenvalue weighted by molar-refractivity contribution is 5.98. The normalized spacial score (nSPS) is 21.4. The van der Waals surface area contributed by atoms with Gasteiger partial charge in [-0.15, -0.1) is 0 Å². The molecule has 0 radical (unpaired) electrons. The van der Waals surface area contributed by atoms with Crippen LogP contribution in [0, 0.1) is 11.8 Å². The van der Waals surface area contributed by atoms with Crippen LogP contribution >= 0.6 is 0 Å². The van der Waals surface area contributed by atoms with Gasteiger partial charge in [0.25, 0.3) is 0 Å². The van der Waals surface area contributed by atoms with Crippen molar-refractivity contribution in [1.82, 2.24) is 37.2 Å². The van der Waals surface area contributed by atoms with Gasteiger partial charge in [-0.05, 0) is 96.0 Å². The van der Waals surface area contributed by atoms with Crippen LogP contribution in [0.5, 0.6) is 0 Å². The number of hydrogen-bond donors (Lipinski definition) is 10. The van der Waals surface area contributed by atoms with E-state index in [0.29, 0.717) is 24.9 Å². The van der Waals surface area contributed by atoms with Crippen molar-refractivity contribution in [1.29, 1.82) is 0 Å². The van der Waals surface area contributed by atoms with Crippen LogP contribution in [0.3, 0.4) is 0 Å². The lowest BCUT2D eigenvalue weighted by molar-refractivity contribution is -0.135. The van der Waals surface area contributed by atoms with Crippen LogP contribution in [0.15, 0.2) is 89.9 Å². The molecule has 13 N–H and O–H groups in total. The minimum absolute atomic E-state index is 0.00821. The summed E-state index contributed by atoms with van der Waals surface area (Å²) in [5.41, 5.74) is 18.4. The molecule has 1 heterocycles. The highest BCUT2D eigenvalue weighted by atomic mass is 16.2. The topological polar surface area (TPSA) is 294 Å². The molecule has 1 aliphatic rings. The quantitative estimate of drug-likeness (QED) is 0.0443. The van der Waals surface area contributed by atoms with Gasteiger partial charge in [-0.25, -0.2) is 0 Å². The van der Waals surface area contributed by atoms with E-state index in [2.05, 4.69) is 42.2 Å². The Bertz CT molecular complexity index is 2490. The summed E-state index contributed by atoms with van der Waals surface area (Å²) in [6, 6.07) is 19.6. The van der Waals surface area contributed by atoms with Crippen molar-refractivity contribution in [3.63, 3.8) is 0 Å². The van der Waals surface area contributed by atoms with Gasteiger partial charge in [-0.1, -0.05) is 113 Å². The zero-order valence-corrected chi connectivity index (χ0v) is 40.7. The lowest BCUT2D eigenvalue weighted by atomic mass is 9.98. The molecule has 18 nitrogen and oxygen atoms in total. The second-order valence-electron chi connectivity index (χ2n) is 18.9. The van der Waals surface area contributed by atoms with E-state index in [1.807, 2.05) is 113 Å². The Morgan fingerprint density at radius 2 is 0.929 bits per heavy atom. The zero-order chi connectivity index (χ0) is 50.7. The Morgan fingerprint density at radius 3 is 1.41 bits per heavy atom. The van der Waals surface area contributed by atoms with Crippen molar-refractivity contribution in [3.05, 3.63) is 96.1 Å². The average Bonchev–Trinajstić information content (AvgIpc) is 3.32. The van der Waals surface area contributed by atoms with Crippen LogP contribution in [0.2, 0.25) is 0 Å². The van der Waals surface area contributed by atoms with E-state index in [0.717, 1.165) is 27.1 Å². The fourth-order valence-corrected chi connectivity index (χ4v) is 8.46. The van der Waals surface area contributed by atoms with Crippen LogP contribution < -0.4 is 54.4 Å². The molecule has 1 aliphatic heterocycles. The summed E-state index contributed by atoms with van der Waals surface area (Å²) >= 11 is 0. The maximum atomic E-state index is 14.7. The molecule has 1 fully saturated rings. The van der Waals surface area contributed by atoms with E-state index in [1.54, 1.807) is 0 Å². The summed E-state index contributed by atoms with van der Waals surface area (Å²) in [5, 5.41) is 23.4. The van der Waals surface area contributed by atoms with Gasteiger partial charge >= 0.3 is 0 Å². The number of unbranched alkanes of at least 4 members (excludes halogenated alkanes) is 1. The molecular formula is C52H71N11O7. The van der Waals surface area contributed by atoms with Crippen LogP contribution in [-0.2, 0) is 46.4 Å². The van der Waals surface area contributed by atoms with Crippen LogP contribution in [0.4, 0.5) is 0 Å². The predicted molar refractivity (Wildman–Crippen MR) is 272 cm³/mol. The lowest BCUT2D eigenvalue weighted by Crippen LogP contribution is -2.60. The van der Waals surface area contributed by atoms with Gasteiger partial charge in [0.05, 0.1) is 6.54 Å². The summed E-state index contributed by atoms with van der Waals surface area (Å²) in [4.78, 5) is 104. The summed E-state index contributed by atoms with van der Waals surface area (Å²) in [6.45, 7) is 7.43. The molecule has 376 valence electrons. The Hall–Kier alpha value is -7.08. The number of benzene rings is 4. The lowest BCUT2D eigenvalue weighted by Gasteiger charge is -2.28. The molecule has 0 unspecified atom stereocenters. The smallest absolute Gasteiger partial charge is 0.243 e. The van der Waals surface area contributed by atoms with Gasteiger partial charge in [0, 0.05) is 19.4 Å². The summed E-state index contributed by atoms with van der Waals surface area (Å²) < 4.78 is 0. The van der Waals surface area contributed by atoms with E-state index in [4.69, 9.17) is 17.2 Å². The average molecular weight is 962 g/mol. The fourth-order valence-electron chi connectivity index (χ4n) is 8.46. The number of nitrogens with zero attached hydrogens (tertiary/aromatic N) is 1. The van der Waals surface area contributed by atoms with Crippen molar-refractivity contribution in [2.75, 3.05) is 19.6 Å². The van der Waals surface area contributed by atoms with E-state index in [1.165, 1.54) is 0 Å². The van der Waals surface area contributed by atoms with Gasteiger partial charge in [-0.3, -0.25) is 38.6 Å². The second kappa shape index (κ2) is 26.6. The number of nitrogens with two attached hydrogens (primary N) is 3. The van der Waals surface area contributed by atoms with Gasteiger partial charge in [0.15, 0.2) is 5.96 Å². The molecule has 0 saturated carbocycles. The molecule has 0 spiro atoms. The molecule has 0 aromatic heterocycles. The number of nitrogens with one attached hydrogen (secondary N) is 7. The van der Waals surface area contributed by atoms with Crippen molar-refractivity contribution >= 4 is 68.9 Å². The molecule has 70 heavy (non-hydrogen) atoms. The summed E-state index contributed by atoms with van der Waals surface area (Å²) in [7, 11) is 0. The zero-order valence-electron chi connectivity index (χ0n) is 40.7. The molecular weight excluding hydrogens is 891 g/mol.